The van der Waals surface area contributed by atoms with E-state index in [1.807, 2.05) is 12.3 Å². The zero-order chi connectivity index (χ0) is 14.4. The number of H-pyrrole nitrogens is 1. The van der Waals surface area contributed by atoms with Gasteiger partial charge in [-0.2, -0.15) is 0 Å². The fraction of sp³-hybridized carbons (Fsp3) is 0.222. The van der Waals surface area contributed by atoms with Crippen LogP contribution in [-0.2, 0) is 5.41 Å². The summed E-state index contributed by atoms with van der Waals surface area (Å²) >= 11 is 2.33. The van der Waals surface area contributed by atoms with Crippen LogP contribution in [0.2, 0.25) is 0 Å². The Balaban J connectivity index is 1.92. The summed E-state index contributed by atoms with van der Waals surface area (Å²) in [6, 6.07) is 14.1. The van der Waals surface area contributed by atoms with Gasteiger partial charge >= 0.3 is 0 Å². The van der Waals surface area contributed by atoms with Crippen molar-refractivity contribution in [2.45, 2.75) is 24.7 Å². The number of aromatic nitrogens is 1. The van der Waals surface area contributed by atoms with E-state index in [1.165, 1.54) is 27.2 Å². The van der Waals surface area contributed by atoms with Crippen molar-refractivity contribution in [3.8, 4) is 0 Å². The van der Waals surface area contributed by atoms with Crippen LogP contribution >= 0.6 is 22.6 Å². The van der Waals surface area contributed by atoms with Gasteiger partial charge in [-0.3, -0.25) is 0 Å². The van der Waals surface area contributed by atoms with Gasteiger partial charge in [0.05, 0.1) is 5.52 Å². The molecule has 1 N–H and O–H groups in total. The lowest BCUT2D eigenvalue weighted by atomic mass is 9.60. The standard InChI is InChI=1S/C18H15FIN/c19-16-4-1-3-14-15(11-21-17(14)16)18(9-2-10-18)12-5-7-13(20)8-6-12/h1,3-8,11,21H,2,9-10H2. The van der Waals surface area contributed by atoms with Crippen LogP contribution in [0.4, 0.5) is 4.39 Å². The lowest BCUT2D eigenvalue weighted by molar-refractivity contribution is 0.304. The van der Waals surface area contributed by atoms with Crippen LogP contribution < -0.4 is 0 Å². The highest BCUT2D eigenvalue weighted by molar-refractivity contribution is 14.1. The number of rotatable bonds is 2. The summed E-state index contributed by atoms with van der Waals surface area (Å²) in [5.74, 6) is -0.171. The fourth-order valence-electron chi connectivity index (χ4n) is 3.53. The largest absolute Gasteiger partial charge is 0.358 e. The second kappa shape index (κ2) is 4.83. The van der Waals surface area contributed by atoms with E-state index in [1.54, 1.807) is 6.07 Å². The maximum Gasteiger partial charge on any atom is 0.147 e. The Morgan fingerprint density at radius 1 is 1.05 bits per heavy atom. The number of aromatic amines is 1. The van der Waals surface area contributed by atoms with Crippen molar-refractivity contribution < 1.29 is 4.39 Å². The molecule has 0 saturated heterocycles. The summed E-state index contributed by atoms with van der Waals surface area (Å²) in [4.78, 5) is 3.13. The quantitative estimate of drug-likeness (QED) is 0.565. The first-order valence-electron chi connectivity index (χ1n) is 7.23. The monoisotopic (exact) mass is 391 g/mol. The Kier molecular flexibility index (Phi) is 3.06. The molecule has 3 heteroatoms. The van der Waals surface area contributed by atoms with Crippen LogP contribution in [0.3, 0.4) is 0 Å². The summed E-state index contributed by atoms with van der Waals surface area (Å²) < 4.78 is 15.2. The van der Waals surface area contributed by atoms with Crippen molar-refractivity contribution >= 4 is 33.5 Å². The van der Waals surface area contributed by atoms with Crippen molar-refractivity contribution in [2.75, 3.05) is 0 Å². The zero-order valence-electron chi connectivity index (χ0n) is 11.5. The highest BCUT2D eigenvalue weighted by Crippen LogP contribution is 2.51. The van der Waals surface area contributed by atoms with Gasteiger partial charge < -0.3 is 4.98 Å². The summed E-state index contributed by atoms with van der Waals surface area (Å²) in [6.07, 6.45) is 5.51. The normalized spacial score (nSPS) is 16.9. The van der Waals surface area contributed by atoms with E-state index < -0.39 is 0 Å². The number of halogens is 2. The third-order valence-corrected chi connectivity index (χ3v) is 5.50. The van der Waals surface area contributed by atoms with Gasteiger partial charge in [-0.1, -0.05) is 30.7 Å². The van der Waals surface area contributed by atoms with Crippen LogP contribution in [0.25, 0.3) is 10.9 Å². The van der Waals surface area contributed by atoms with E-state index in [0.717, 1.165) is 18.2 Å². The molecular weight excluding hydrogens is 376 g/mol. The van der Waals surface area contributed by atoms with Crippen LogP contribution in [0.15, 0.2) is 48.7 Å². The second-order valence-electron chi connectivity index (χ2n) is 5.81. The molecular formula is C18H15FIN. The van der Waals surface area contributed by atoms with Crippen LogP contribution in [0.1, 0.15) is 30.4 Å². The predicted molar refractivity (Wildman–Crippen MR) is 92.0 cm³/mol. The Hall–Kier alpha value is -1.36. The molecule has 1 aromatic heterocycles. The molecule has 0 aliphatic heterocycles. The highest BCUT2D eigenvalue weighted by Gasteiger charge is 2.41. The van der Waals surface area contributed by atoms with E-state index in [-0.39, 0.29) is 11.2 Å². The van der Waals surface area contributed by atoms with Gasteiger partial charge in [0.25, 0.3) is 0 Å². The average molecular weight is 391 g/mol. The van der Waals surface area contributed by atoms with E-state index >= 15 is 0 Å². The maximum atomic E-state index is 13.9. The molecule has 4 rings (SSSR count). The highest BCUT2D eigenvalue weighted by atomic mass is 127. The molecule has 0 amide bonds. The van der Waals surface area contributed by atoms with Crippen LogP contribution in [0, 0.1) is 9.39 Å². The molecule has 1 heterocycles. The molecule has 0 bridgehead atoms. The maximum absolute atomic E-state index is 13.9. The van der Waals surface area contributed by atoms with Gasteiger partial charge in [-0.05, 0) is 64.8 Å². The van der Waals surface area contributed by atoms with Crippen molar-refractivity contribution in [1.29, 1.82) is 0 Å². The Labute approximate surface area is 136 Å². The van der Waals surface area contributed by atoms with Crippen molar-refractivity contribution in [2.24, 2.45) is 0 Å². The predicted octanol–water partition coefficient (Wildman–Crippen LogP) is 5.38. The topological polar surface area (TPSA) is 15.8 Å². The molecule has 106 valence electrons. The molecule has 0 unspecified atom stereocenters. The number of benzene rings is 2. The van der Waals surface area contributed by atoms with Gasteiger partial charge in [0.15, 0.2) is 0 Å². The smallest absolute Gasteiger partial charge is 0.147 e. The van der Waals surface area contributed by atoms with Crippen LogP contribution in [-0.4, -0.2) is 4.98 Å². The molecule has 0 spiro atoms. The third kappa shape index (κ3) is 1.94. The van der Waals surface area contributed by atoms with Crippen LogP contribution in [0.5, 0.6) is 0 Å². The van der Waals surface area contributed by atoms with E-state index in [2.05, 4.69) is 51.8 Å². The van der Waals surface area contributed by atoms with Gasteiger partial charge in [-0.15, -0.1) is 0 Å². The zero-order valence-corrected chi connectivity index (χ0v) is 13.7. The first-order valence-corrected chi connectivity index (χ1v) is 8.31. The Bertz CT molecular complexity index is 800. The molecule has 1 nitrogen and oxygen atoms in total. The molecule has 1 saturated carbocycles. The summed E-state index contributed by atoms with van der Waals surface area (Å²) in [6.45, 7) is 0. The molecule has 3 aromatic rings. The van der Waals surface area contributed by atoms with Gasteiger partial charge in [0, 0.05) is 20.6 Å². The van der Waals surface area contributed by atoms with E-state index in [0.29, 0.717) is 5.52 Å². The lowest BCUT2D eigenvalue weighted by Crippen LogP contribution is -2.35. The molecule has 1 fully saturated rings. The molecule has 1 aliphatic rings. The number of nitrogens with one attached hydrogen (secondary N) is 1. The summed E-state index contributed by atoms with van der Waals surface area (Å²) in [5.41, 5.74) is 3.27. The number of para-hydroxylation sites is 1. The minimum atomic E-state index is -0.171. The summed E-state index contributed by atoms with van der Waals surface area (Å²) in [5, 5.41) is 1.02. The van der Waals surface area contributed by atoms with Gasteiger partial charge in [0.2, 0.25) is 0 Å². The summed E-state index contributed by atoms with van der Waals surface area (Å²) in [7, 11) is 0. The molecule has 1 aliphatic carbocycles. The fourth-order valence-corrected chi connectivity index (χ4v) is 3.89. The second-order valence-corrected chi connectivity index (χ2v) is 7.05. The number of hydrogen-bond donors (Lipinski definition) is 1. The average Bonchev–Trinajstić information content (AvgIpc) is 2.86. The molecule has 2 aromatic carbocycles. The van der Waals surface area contributed by atoms with Crippen molar-refractivity contribution in [1.82, 2.24) is 4.98 Å². The van der Waals surface area contributed by atoms with Crippen molar-refractivity contribution in [3.05, 3.63) is 69.2 Å². The minimum Gasteiger partial charge on any atom is -0.358 e. The first-order chi connectivity index (χ1) is 10.2. The van der Waals surface area contributed by atoms with Crippen molar-refractivity contribution in [3.63, 3.8) is 0 Å². The molecule has 0 radical (unpaired) electrons. The van der Waals surface area contributed by atoms with E-state index in [4.69, 9.17) is 0 Å². The Morgan fingerprint density at radius 3 is 2.48 bits per heavy atom. The Morgan fingerprint density at radius 2 is 1.81 bits per heavy atom. The molecule has 21 heavy (non-hydrogen) atoms. The third-order valence-electron chi connectivity index (χ3n) is 4.78. The lowest BCUT2D eigenvalue weighted by Gasteiger charge is -2.42. The SMILES string of the molecule is Fc1cccc2c(C3(c4ccc(I)cc4)CCC3)c[nH]c12. The van der Waals surface area contributed by atoms with E-state index in [9.17, 15) is 4.39 Å². The first kappa shape index (κ1) is 13.3. The minimum absolute atomic E-state index is 0.0520. The molecule has 0 atom stereocenters. The number of fused-ring (bicyclic) bond motifs is 1. The van der Waals surface area contributed by atoms with Gasteiger partial charge in [-0.25, -0.2) is 4.39 Å². The van der Waals surface area contributed by atoms with Gasteiger partial charge in [0.1, 0.15) is 5.82 Å². The number of hydrogen-bond acceptors (Lipinski definition) is 0.